The van der Waals surface area contributed by atoms with Gasteiger partial charge in [0.15, 0.2) is 0 Å². The number of rotatable bonds is 15. The van der Waals surface area contributed by atoms with E-state index in [-0.39, 0.29) is 25.3 Å². The predicted octanol–water partition coefficient (Wildman–Crippen LogP) is 4.73. The van der Waals surface area contributed by atoms with E-state index >= 15 is 0 Å². The topological polar surface area (TPSA) is 121 Å². The van der Waals surface area contributed by atoms with E-state index in [1.165, 1.54) is 12.0 Å². The monoisotopic (exact) mass is 715 g/mol. The zero-order valence-corrected chi connectivity index (χ0v) is 30.2. The number of methoxy groups -OCH3 is 1. The number of ether oxygens (including phenoxy) is 4. The normalized spacial score (nSPS) is 21.5. The zero-order valence-electron chi connectivity index (χ0n) is 30.2. The maximum Gasteiger partial charge on any atom is 0.411 e. The van der Waals surface area contributed by atoms with Gasteiger partial charge < -0.3 is 34.1 Å². The second-order valence-corrected chi connectivity index (χ2v) is 13.9. The summed E-state index contributed by atoms with van der Waals surface area (Å²) in [6.07, 6.45) is 0.457. The summed E-state index contributed by atoms with van der Waals surface area (Å²) in [5, 5.41) is 23.2. The number of hydrogen-bond donors (Lipinski definition) is 2. The van der Waals surface area contributed by atoms with Crippen molar-refractivity contribution in [3.63, 3.8) is 0 Å². The molecule has 11 nitrogen and oxygen atoms in total. The van der Waals surface area contributed by atoms with Gasteiger partial charge >= 0.3 is 6.09 Å². The van der Waals surface area contributed by atoms with Gasteiger partial charge in [-0.25, -0.2) is 4.79 Å². The maximum absolute atomic E-state index is 14.3. The third-order valence-electron chi connectivity index (χ3n) is 10.5. The van der Waals surface area contributed by atoms with Gasteiger partial charge in [-0.3, -0.25) is 14.6 Å². The number of carbonyl (C=O) groups excluding carboxylic acids is 2. The predicted molar refractivity (Wildman–Crippen MR) is 196 cm³/mol. The highest BCUT2D eigenvalue weighted by molar-refractivity contribution is 5.77. The van der Waals surface area contributed by atoms with E-state index in [0.29, 0.717) is 32.5 Å². The molecule has 2 fully saturated rings. The van der Waals surface area contributed by atoms with Gasteiger partial charge in [-0.1, -0.05) is 66.7 Å². The first-order chi connectivity index (χ1) is 25.4. The first-order valence-electron chi connectivity index (χ1n) is 18.7. The Morgan fingerprint density at radius 2 is 1.69 bits per heavy atom. The van der Waals surface area contributed by atoms with Crippen LogP contribution in [0.5, 0.6) is 5.75 Å². The van der Waals surface area contributed by atoms with E-state index in [1.807, 2.05) is 78.9 Å². The molecule has 2 aliphatic heterocycles. The Morgan fingerprint density at radius 3 is 2.42 bits per heavy atom. The van der Waals surface area contributed by atoms with Crippen LogP contribution in [-0.2, 0) is 38.4 Å². The minimum Gasteiger partial charge on any atom is -0.492 e. The lowest BCUT2D eigenvalue weighted by Gasteiger charge is -2.40. The van der Waals surface area contributed by atoms with E-state index in [1.54, 1.807) is 4.90 Å². The Kier molecular flexibility index (Phi) is 13.5. The molecule has 2 heterocycles. The summed E-state index contributed by atoms with van der Waals surface area (Å²) in [6, 6.07) is 24.1. The van der Waals surface area contributed by atoms with Gasteiger partial charge in [0.1, 0.15) is 18.6 Å². The Labute approximate surface area is 307 Å². The Bertz CT molecular complexity index is 1560. The van der Waals surface area contributed by atoms with E-state index in [9.17, 15) is 19.8 Å². The SMILES string of the molecule is COC(=O)N(C1CCCCO1)[C@@H](Cc1ccccc1)[C@@H](O)CCC(=O)N(Cc1ccc(OCCN2CCOCC2)cc1)[C@H]1c2ccccc2C[C@H]1O. The molecule has 2 N–H and O–H groups in total. The van der Waals surface area contributed by atoms with Crippen molar-refractivity contribution in [3.05, 3.63) is 101 Å². The highest BCUT2D eigenvalue weighted by atomic mass is 16.6. The first-order valence-corrected chi connectivity index (χ1v) is 18.7. The number of carbonyl (C=O) groups is 2. The van der Waals surface area contributed by atoms with E-state index in [0.717, 1.165) is 73.7 Å². The van der Waals surface area contributed by atoms with Crippen LogP contribution >= 0.6 is 0 Å². The molecular weight excluding hydrogens is 662 g/mol. The number of amides is 2. The molecule has 3 aromatic carbocycles. The van der Waals surface area contributed by atoms with Crippen molar-refractivity contribution in [2.24, 2.45) is 0 Å². The second-order valence-electron chi connectivity index (χ2n) is 13.9. The molecule has 0 bridgehead atoms. The molecule has 1 aliphatic carbocycles. The minimum absolute atomic E-state index is 0.0150. The first kappa shape index (κ1) is 37.7. The average molecular weight is 716 g/mol. The molecular formula is C41H53N3O8. The Morgan fingerprint density at radius 1 is 0.942 bits per heavy atom. The van der Waals surface area contributed by atoms with Crippen LogP contribution < -0.4 is 4.74 Å². The number of aliphatic hydroxyl groups is 2. The number of fused-ring (bicyclic) bond motifs is 1. The number of morpholine rings is 1. The van der Waals surface area contributed by atoms with Gasteiger partial charge in [0.05, 0.1) is 44.6 Å². The molecule has 0 aromatic heterocycles. The molecule has 280 valence electrons. The van der Waals surface area contributed by atoms with Crippen molar-refractivity contribution in [1.82, 2.24) is 14.7 Å². The number of aliphatic hydroxyl groups excluding tert-OH is 2. The number of hydrogen-bond acceptors (Lipinski definition) is 9. The van der Waals surface area contributed by atoms with Gasteiger partial charge in [0.25, 0.3) is 0 Å². The standard InChI is InChI=1S/C41H53N3O8/c1-49-41(48)44(39-13-7-8-23-52-39)35(27-30-9-3-2-4-10-30)36(45)18-19-38(47)43(40-34-12-6-5-11-32(34)28-37(40)46)29-31-14-16-33(17-15-31)51-26-22-42-20-24-50-25-21-42/h2-6,9-12,14-17,35-37,39-40,45-46H,7-8,13,18-29H2,1H3/t35-,36-,37+,39?,40-/m0/s1. The summed E-state index contributed by atoms with van der Waals surface area (Å²) in [5.74, 6) is 0.563. The largest absolute Gasteiger partial charge is 0.492 e. The Hall–Kier alpha value is -4.00. The van der Waals surface area contributed by atoms with Crippen molar-refractivity contribution < 1.29 is 38.7 Å². The van der Waals surface area contributed by atoms with Crippen molar-refractivity contribution in [2.75, 3.05) is 53.2 Å². The molecule has 0 saturated carbocycles. The minimum atomic E-state index is -1.05. The van der Waals surface area contributed by atoms with Gasteiger partial charge in [0, 0.05) is 45.6 Å². The second kappa shape index (κ2) is 18.7. The highest BCUT2D eigenvalue weighted by Gasteiger charge is 2.40. The van der Waals surface area contributed by atoms with Gasteiger partial charge in [-0.05, 0) is 66.5 Å². The lowest BCUT2D eigenvalue weighted by molar-refractivity contribution is -0.138. The summed E-state index contributed by atoms with van der Waals surface area (Å²) in [7, 11) is 1.33. The molecule has 52 heavy (non-hydrogen) atoms. The van der Waals surface area contributed by atoms with Crippen LogP contribution in [0.4, 0.5) is 4.79 Å². The number of nitrogens with zero attached hydrogens (tertiary/aromatic N) is 3. The lowest BCUT2D eigenvalue weighted by Crippen LogP contribution is -2.55. The summed E-state index contributed by atoms with van der Waals surface area (Å²) in [6.45, 7) is 5.51. The maximum atomic E-state index is 14.3. The molecule has 2 saturated heterocycles. The van der Waals surface area contributed by atoms with E-state index in [4.69, 9.17) is 18.9 Å². The molecule has 3 aromatic rings. The fourth-order valence-corrected chi connectivity index (χ4v) is 7.67. The fourth-order valence-electron chi connectivity index (χ4n) is 7.67. The van der Waals surface area contributed by atoms with Crippen molar-refractivity contribution >= 4 is 12.0 Å². The van der Waals surface area contributed by atoms with Gasteiger partial charge in [-0.15, -0.1) is 0 Å². The quantitative estimate of drug-likeness (QED) is 0.230. The molecule has 5 atom stereocenters. The van der Waals surface area contributed by atoms with Crippen molar-refractivity contribution in [1.29, 1.82) is 0 Å². The lowest BCUT2D eigenvalue weighted by atomic mass is 9.95. The van der Waals surface area contributed by atoms with Crippen LogP contribution in [0.1, 0.15) is 60.4 Å². The molecule has 3 aliphatic rings. The van der Waals surface area contributed by atoms with Crippen LogP contribution in [0.15, 0.2) is 78.9 Å². The van der Waals surface area contributed by atoms with Crippen LogP contribution in [-0.4, -0.2) is 115 Å². The van der Waals surface area contributed by atoms with Crippen LogP contribution in [0, 0.1) is 0 Å². The molecule has 0 radical (unpaired) electrons. The van der Waals surface area contributed by atoms with Crippen molar-refractivity contribution in [3.8, 4) is 5.75 Å². The van der Waals surface area contributed by atoms with E-state index in [2.05, 4.69) is 4.90 Å². The van der Waals surface area contributed by atoms with Crippen LogP contribution in [0.25, 0.3) is 0 Å². The molecule has 0 spiro atoms. The van der Waals surface area contributed by atoms with Gasteiger partial charge in [0.2, 0.25) is 5.91 Å². The summed E-state index contributed by atoms with van der Waals surface area (Å²) < 4.78 is 22.7. The van der Waals surface area contributed by atoms with Crippen LogP contribution in [0.3, 0.4) is 0 Å². The Balaban J connectivity index is 1.18. The van der Waals surface area contributed by atoms with Crippen LogP contribution in [0.2, 0.25) is 0 Å². The van der Waals surface area contributed by atoms with Crippen molar-refractivity contribution in [2.45, 2.75) is 82.0 Å². The summed E-state index contributed by atoms with van der Waals surface area (Å²) in [4.78, 5) is 33.2. The molecule has 1 unspecified atom stereocenters. The number of benzene rings is 3. The van der Waals surface area contributed by atoms with Gasteiger partial charge in [-0.2, -0.15) is 0 Å². The average Bonchev–Trinajstić information content (AvgIpc) is 3.52. The molecule has 2 amide bonds. The summed E-state index contributed by atoms with van der Waals surface area (Å²) in [5.41, 5.74) is 3.80. The fraction of sp³-hybridized carbons (Fsp3) is 0.512. The smallest absolute Gasteiger partial charge is 0.411 e. The third-order valence-corrected chi connectivity index (χ3v) is 10.5. The summed E-state index contributed by atoms with van der Waals surface area (Å²) >= 11 is 0. The molecule has 11 heteroatoms. The highest BCUT2D eigenvalue weighted by Crippen LogP contribution is 2.38. The zero-order chi connectivity index (χ0) is 36.3. The molecule has 6 rings (SSSR count). The van der Waals surface area contributed by atoms with E-state index < -0.39 is 36.6 Å². The third kappa shape index (κ3) is 9.70.